The third-order valence-corrected chi connectivity index (χ3v) is 7.76. The van der Waals surface area contributed by atoms with Gasteiger partial charge in [0.15, 0.2) is 5.82 Å². The molecule has 0 saturated carbocycles. The Morgan fingerprint density at radius 2 is 1.92 bits per heavy atom. The third-order valence-electron chi connectivity index (χ3n) is 7.76. The number of nitrogens with one attached hydrogen (secondary N) is 2. The Balaban J connectivity index is 1.14. The maximum atomic E-state index is 13.7. The summed E-state index contributed by atoms with van der Waals surface area (Å²) in [5, 5.41) is 2.80. The molecule has 0 spiro atoms. The van der Waals surface area contributed by atoms with Gasteiger partial charge in [-0.1, -0.05) is 6.42 Å². The van der Waals surface area contributed by atoms with Crippen molar-refractivity contribution in [2.24, 2.45) is 5.92 Å². The first kappa shape index (κ1) is 26.6. The number of hydrogen-bond donors (Lipinski definition) is 3. The van der Waals surface area contributed by atoms with Gasteiger partial charge in [-0.2, -0.15) is 0 Å². The molecule has 4 aliphatic rings. The zero-order valence-corrected chi connectivity index (χ0v) is 21.0. The van der Waals surface area contributed by atoms with Crippen LogP contribution in [0.2, 0.25) is 0 Å². The fourth-order valence-corrected chi connectivity index (χ4v) is 5.58. The Kier molecular flexibility index (Phi) is 8.97. The molecule has 3 atom stereocenters. The Morgan fingerprint density at radius 1 is 1.14 bits per heavy atom. The van der Waals surface area contributed by atoms with Crippen LogP contribution in [-0.4, -0.2) is 91.3 Å². The van der Waals surface area contributed by atoms with Crippen LogP contribution < -0.4 is 16.6 Å². The molecule has 4 aliphatic heterocycles. The van der Waals surface area contributed by atoms with Gasteiger partial charge in [0.05, 0.1) is 12.1 Å². The molecule has 0 unspecified atom stereocenters. The summed E-state index contributed by atoms with van der Waals surface area (Å²) in [5.41, 5.74) is 4.30. The van der Waals surface area contributed by atoms with Gasteiger partial charge in [-0.15, -0.1) is 0 Å². The van der Waals surface area contributed by atoms with Crippen LogP contribution in [0.1, 0.15) is 55.3 Å². The number of unbranched alkanes of at least 4 members (excludes halogenated alkanes) is 2. The molecule has 0 aromatic carbocycles. The molecule has 4 saturated heterocycles. The second kappa shape index (κ2) is 12.2. The lowest BCUT2D eigenvalue weighted by Crippen LogP contribution is -2.55. The second-order valence-electron chi connectivity index (χ2n) is 10.2. The molecule has 1 amide bonds. The lowest BCUT2D eigenvalue weighted by Gasteiger charge is -2.43. The van der Waals surface area contributed by atoms with Gasteiger partial charge < -0.3 is 30.4 Å². The number of esters is 1. The summed E-state index contributed by atoms with van der Waals surface area (Å²) >= 11 is 0. The van der Waals surface area contributed by atoms with Gasteiger partial charge in [-0.05, 0) is 63.7 Å². The summed E-state index contributed by atoms with van der Waals surface area (Å²) < 4.78 is 25.1. The predicted octanol–water partition coefficient (Wildman–Crippen LogP) is 1.11. The molecule has 4 N–H and O–H groups in total. The van der Waals surface area contributed by atoms with Gasteiger partial charge in [-0.25, -0.2) is 4.39 Å². The molecular weight excluding hydrogens is 469 g/mol. The summed E-state index contributed by atoms with van der Waals surface area (Å²) in [7, 11) is 1.59. The topological polar surface area (TPSA) is 130 Å². The average molecular weight is 508 g/mol. The van der Waals surface area contributed by atoms with Gasteiger partial charge >= 0.3 is 5.97 Å². The molecule has 36 heavy (non-hydrogen) atoms. The number of halogens is 1. The second-order valence-corrected chi connectivity index (χ2v) is 10.2. The van der Waals surface area contributed by atoms with E-state index in [1.807, 2.05) is 0 Å². The highest BCUT2D eigenvalue weighted by molar-refractivity contribution is 5.94. The number of anilines is 1. The number of H-pyrrole nitrogens is 1. The van der Waals surface area contributed by atoms with Crippen LogP contribution in [0.4, 0.5) is 10.2 Å². The highest BCUT2D eigenvalue weighted by Gasteiger charge is 2.36. The number of carbonyl (C=O) groups is 2. The maximum Gasteiger partial charge on any atom is 0.306 e. The monoisotopic (exact) mass is 507 g/mol. The van der Waals surface area contributed by atoms with E-state index < -0.39 is 23.1 Å². The van der Waals surface area contributed by atoms with Crippen LogP contribution in [0.5, 0.6) is 0 Å². The molecule has 5 heterocycles. The number of nitrogen functional groups attached to an aromatic ring is 1. The predicted molar refractivity (Wildman–Crippen MR) is 132 cm³/mol. The smallest absolute Gasteiger partial charge is 0.306 e. The number of pyridine rings is 1. The van der Waals surface area contributed by atoms with Crippen LogP contribution in [0.25, 0.3) is 0 Å². The fraction of sp³-hybridized carbons (Fsp3) is 0.720. The van der Waals surface area contributed by atoms with Crippen molar-refractivity contribution in [1.82, 2.24) is 20.1 Å². The molecule has 2 bridgehead atoms. The summed E-state index contributed by atoms with van der Waals surface area (Å²) in [4.78, 5) is 43.6. The molecule has 1 aromatic rings. The highest BCUT2D eigenvalue weighted by atomic mass is 19.1. The van der Waals surface area contributed by atoms with Crippen molar-refractivity contribution < 1.29 is 23.5 Å². The number of nitrogens with two attached hydrogens (primary N) is 1. The number of amides is 1. The van der Waals surface area contributed by atoms with Crippen LogP contribution in [0.15, 0.2) is 10.9 Å². The Labute approximate surface area is 210 Å². The maximum absolute atomic E-state index is 13.7. The molecule has 200 valence electrons. The van der Waals surface area contributed by atoms with Gasteiger partial charge in [0, 0.05) is 33.2 Å². The first-order chi connectivity index (χ1) is 17.3. The Bertz CT molecular complexity index is 980. The van der Waals surface area contributed by atoms with Crippen molar-refractivity contribution in [2.45, 2.75) is 63.2 Å². The van der Waals surface area contributed by atoms with E-state index in [0.717, 1.165) is 70.9 Å². The minimum absolute atomic E-state index is 0.0742. The third kappa shape index (κ3) is 6.63. The quantitative estimate of drug-likeness (QED) is 0.317. The van der Waals surface area contributed by atoms with Gasteiger partial charge in [-0.3, -0.25) is 19.3 Å². The number of methoxy groups -OCH3 is 1. The number of fused-ring (bicyclic) bond motifs is 3. The molecule has 11 heteroatoms. The number of piperidine rings is 4. The van der Waals surface area contributed by atoms with Crippen molar-refractivity contribution in [2.75, 3.05) is 52.1 Å². The number of rotatable bonds is 10. The van der Waals surface area contributed by atoms with Crippen LogP contribution in [0, 0.1) is 11.7 Å². The van der Waals surface area contributed by atoms with Gasteiger partial charge in [0.2, 0.25) is 0 Å². The van der Waals surface area contributed by atoms with Crippen molar-refractivity contribution in [3.05, 3.63) is 27.8 Å². The minimum atomic E-state index is -0.842. The zero-order valence-electron chi connectivity index (χ0n) is 21.0. The number of likely N-dealkylation sites (tertiary alicyclic amines) is 1. The highest BCUT2D eigenvalue weighted by Crippen LogP contribution is 2.29. The molecular formula is C25H38FN5O5. The molecule has 4 fully saturated rings. The summed E-state index contributed by atoms with van der Waals surface area (Å²) in [5.74, 6) is -1.44. The van der Waals surface area contributed by atoms with Crippen LogP contribution in [-0.2, 0) is 14.3 Å². The van der Waals surface area contributed by atoms with E-state index >= 15 is 0 Å². The van der Waals surface area contributed by atoms with Crippen molar-refractivity contribution >= 4 is 17.7 Å². The lowest BCUT2D eigenvalue weighted by atomic mass is 9.86. The van der Waals surface area contributed by atoms with E-state index in [0.29, 0.717) is 25.3 Å². The number of hydrogen-bond acceptors (Lipinski definition) is 8. The van der Waals surface area contributed by atoms with E-state index in [1.54, 1.807) is 7.11 Å². The Morgan fingerprint density at radius 3 is 2.61 bits per heavy atom. The largest absolute Gasteiger partial charge is 0.461 e. The van der Waals surface area contributed by atoms with Crippen LogP contribution in [0.3, 0.4) is 0 Å². The number of aromatic amines is 1. The summed E-state index contributed by atoms with van der Waals surface area (Å²) in [6.45, 7) is 5.43. The SMILES string of the molecule is CO[C@@H]1CN(CCCCCC(=O)O[C@@H]2CN3CCC2CC3)CC[C@@H]1NC(=O)c1cc(F)c(N)[nH]c1=O. The summed E-state index contributed by atoms with van der Waals surface area (Å²) in [6.07, 6.45) is 5.91. The van der Waals surface area contributed by atoms with E-state index in [2.05, 4.69) is 20.1 Å². The van der Waals surface area contributed by atoms with Crippen LogP contribution >= 0.6 is 0 Å². The molecule has 0 radical (unpaired) electrons. The first-order valence-electron chi connectivity index (χ1n) is 13.0. The number of nitrogens with zero attached hydrogens (tertiary/aromatic N) is 2. The molecule has 5 rings (SSSR count). The molecule has 10 nitrogen and oxygen atoms in total. The fourth-order valence-electron chi connectivity index (χ4n) is 5.58. The van der Waals surface area contributed by atoms with Gasteiger partial charge in [0.1, 0.15) is 17.5 Å². The first-order valence-corrected chi connectivity index (χ1v) is 13.0. The van der Waals surface area contributed by atoms with Crippen molar-refractivity contribution in [1.29, 1.82) is 0 Å². The van der Waals surface area contributed by atoms with E-state index in [1.165, 1.54) is 0 Å². The number of carbonyl (C=O) groups excluding carboxylic acids is 2. The normalized spacial score (nSPS) is 28.1. The van der Waals surface area contributed by atoms with Crippen molar-refractivity contribution in [3.8, 4) is 0 Å². The lowest BCUT2D eigenvalue weighted by molar-refractivity contribution is -0.158. The number of ether oxygens (including phenoxy) is 2. The Hall–Kier alpha value is -2.50. The zero-order chi connectivity index (χ0) is 25.7. The minimum Gasteiger partial charge on any atom is -0.461 e. The molecule has 0 aliphatic carbocycles. The van der Waals surface area contributed by atoms with E-state index in [-0.39, 0.29) is 29.8 Å². The molecule has 1 aromatic heterocycles. The van der Waals surface area contributed by atoms with Crippen molar-refractivity contribution in [3.63, 3.8) is 0 Å². The standard InChI is InChI=1S/C25H38FN5O5/c1-35-21-15-30(12-8-19(21)28-24(33)17-13-18(26)23(27)29-25(17)34)9-4-2-3-5-22(32)36-20-14-31-10-6-16(20)7-11-31/h13,16,19-21H,2-12,14-15H2,1H3,(H,28,33)(H3,27,29,34)/t19-,20+,21+/m0/s1. The van der Waals surface area contributed by atoms with E-state index in [9.17, 15) is 18.8 Å². The summed E-state index contributed by atoms with van der Waals surface area (Å²) in [6, 6.07) is 0.563. The number of aromatic nitrogens is 1. The average Bonchev–Trinajstić information content (AvgIpc) is 2.87. The van der Waals surface area contributed by atoms with E-state index in [4.69, 9.17) is 15.2 Å². The van der Waals surface area contributed by atoms with Gasteiger partial charge in [0.25, 0.3) is 11.5 Å².